The van der Waals surface area contributed by atoms with Crippen LogP contribution in [-0.4, -0.2) is 41.4 Å². The lowest BCUT2D eigenvalue weighted by Gasteiger charge is -2.36. The number of aromatic nitrogens is 3. The van der Waals surface area contributed by atoms with Crippen LogP contribution < -0.4 is 15.1 Å². The molecule has 0 amide bonds. The molecule has 0 aliphatic carbocycles. The molecule has 1 fully saturated rings. The summed E-state index contributed by atoms with van der Waals surface area (Å²) in [5.74, 6) is 1.08. The average Bonchev–Trinajstić information content (AvgIpc) is 2.71. The van der Waals surface area contributed by atoms with Crippen LogP contribution in [0.15, 0.2) is 54.7 Å². The molecule has 2 aromatic carbocycles. The summed E-state index contributed by atoms with van der Waals surface area (Å²) in [5, 5.41) is 11.4. The first-order chi connectivity index (χ1) is 13.2. The first-order valence-electron chi connectivity index (χ1n) is 8.96. The number of nitrogens with zero attached hydrogens (tertiary/aromatic N) is 5. The fourth-order valence-electron chi connectivity index (χ4n) is 3.11. The van der Waals surface area contributed by atoms with Gasteiger partial charge in [0, 0.05) is 37.6 Å². The van der Waals surface area contributed by atoms with Crippen LogP contribution in [0.1, 0.15) is 5.56 Å². The zero-order valence-electron chi connectivity index (χ0n) is 15.1. The van der Waals surface area contributed by atoms with E-state index in [4.69, 9.17) is 0 Å². The maximum Gasteiger partial charge on any atom is 0.249 e. The second kappa shape index (κ2) is 7.57. The fourth-order valence-corrected chi connectivity index (χ4v) is 3.11. The number of anilines is 4. The lowest BCUT2D eigenvalue weighted by Crippen LogP contribution is -2.46. The minimum Gasteiger partial charge on any atom is -0.368 e. The van der Waals surface area contributed by atoms with Crippen molar-refractivity contribution in [3.8, 4) is 0 Å². The van der Waals surface area contributed by atoms with E-state index in [2.05, 4.69) is 30.3 Å². The van der Waals surface area contributed by atoms with Gasteiger partial charge in [-0.25, -0.2) is 4.39 Å². The molecule has 1 aromatic heterocycles. The molecule has 3 aromatic rings. The number of hydrogen-bond donors (Lipinski definition) is 1. The van der Waals surface area contributed by atoms with Crippen LogP contribution in [0.3, 0.4) is 0 Å². The van der Waals surface area contributed by atoms with Crippen LogP contribution in [0.5, 0.6) is 0 Å². The summed E-state index contributed by atoms with van der Waals surface area (Å²) >= 11 is 0. The summed E-state index contributed by atoms with van der Waals surface area (Å²) in [6.45, 7) is 5.38. The van der Waals surface area contributed by atoms with Crippen molar-refractivity contribution in [2.45, 2.75) is 6.92 Å². The molecule has 1 aliphatic rings. The Morgan fingerprint density at radius 2 is 1.56 bits per heavy atom. The largest absolute Gasteiger partial charge is 0.368 e. The highest BCUT2D eigenvalue weighted by Gasteiger charge is 2.19. The summed E-state index contributed by atoms with van der Waals surface area (Å²) < 4.78 is 13.1. The van der Waals surface area contributed by atoms with Gasteiger partial charge < -0.3 is 15.1 Å². The summed E-state index contributed by atoms with van der Waals surface area (Å²) in [6, 6.07) is 14.7. The Hall–Kier alpha value is -3.22. The van der Waals surface area contributed by atoms with Crippen LogP contribution in [-0.2, 0) is 0 Å². The first kappa shape index (κ1) is 17.2. The molecular weight excluding hydrogens is 343 g/mol. The van der Waals surface area contributed by atoms with Gasteiger partial charge in [-0.3, -0.25) is 0 Å². The van der Waals surface area contributed by atoms with Gasteiger partial charge in [-0.2, -0.15) is 10.1 Å². The molecule has 0 bridgehead atoms. The van der Waals surface area contributed by atoms with Crippen molar-refractivity contribution >= 4 is 23.1 Å². The van der Waals surface area contributed by atoms with Crippen LogP contribution in [0.4, 0.5) is 27.5 Å². The molecule has 0 spiro atoms. The van der Waals surface area contributed by atoms with Gasteiger partial charge in [-0.05, 0) is 43.3 Å². The average molecular weight is 364 g/mol. The quantitative estimate of drug-likeness (QED) is 0.766. The van der Waals surface area contributed by atoms with E-state index >= 15 is 0 Å². The number of halogens is 1. The molecule has 6 nitrogen and oxygen atoms in total. The normalized spacial score (nSPS) is 14.3. The van der Waals surface area contributed by atoms with E-state index in [1.54, 1.807) is 6.20 Å². The van der Waals surface area contributed by atoms with E-state index in [1.165, 1.54) is 17.7 Å². The van der Waals surface area contributed by atoms with E-state index in [0.29, 0.717) is 5.95 Å². The molecular formula is C20H21FN6. The minimum atomic E-state index is -0.210. The molecule has 4 rings (SSSR count). The summed E-state index contributed by atoms with van der Waals surface area (Å²) in [4.78, 5) is 9.03. The number of hydrogen-bond acceptors (Lipinski definition) is 6. The van der Waals surface area contributed by atoms with Crippen molar-refractivity contribution < 1.29 is 4.39 Å². The fraction of sp³-hybridized carbons (Fsp3) is 0.250. The van der Waals surface area contributed by atoms with Gasteiger partial charge in [0.15, 0.2) is 5.82 Å². The summed E-state index contributed by atoms with van der Waals surface area (Å²) in [6.07, 6.45) is 1.69. The SMILES string of the molecule is Cc1ccc(Nc2nncc(N3CCN(c4ccc(F)cc4)CC3)n2)cc1. The van der Waals surface area contributed by atoms with Gasteiger partial charge >= 0.3 is 0 Å². The zero-order chi connectivity index (χ0) is 18.6. The highest BCUT2D eigenvalue weighted by Crippen LogP contribution is 2.20. The van der Waals surface area contributed by atoms with E-state index in [9.17, 15) is 4.39 Å². The Labute approximate surface area is 157 Å². The van der Waals surface area contributed by atoms with Crippen molar-refractivity contribution in [2.24, 2.45) is 0 Å². The zero-order valence-corrected chi connectivity index (χ0v) is 15.1. The number of nitrogens with one attached hydrogen (secondary N) is 1. The van der Waals surface area contributed by atoms with E-state index < -0.39 is 0 Å². The van der Waals surface area contributed by atoms with Crippen molar-refractivity contribution in [3.05, 3.63) is 66.1 Å². The molecule has 0 radical (unpaired) electrons. The third-order valence-corrected chi connectivity index (χ3v) is 4.65. The number of rotatable bonds is 4. The maximum atomic E-state index is 13.1. The van der Waals surface area contributed by atoms with Crippen LogP contribution >= 0.6 is 0 Å². The van der Waals surface area contributed by atoms with Crippen molar-refractivity contribution in [1.82, 2.24) is 15.2 Å². The lowest BCUT2D eigenvalue weighted by molar-refractivity contribution is 0.624. The van der Waals surface area contributed by atoms with Gasteiger partial charge in [-0.1, -0.05) is 17.7 Å². The number of benzene rings is 2. The van der Waals surface area contributed by atoms with Crippen LogP contribution in [0.25, 0.3) is 0 Å². The van der Waals surface area contributed by atoms with Gasteiger partial charge in [0.25, 0.3) is 0 Å². The van der Waals surface area contributed by atoms with Crippen molar-refractivity contribution in [2.75, 3.05) is 41.3 Å². The second-order valence-electron chi connectivity index (χ2n) is 6.58. The van der Waals surface area contributed by atoms with Crippen molar-refractivity contribution in [3.63, 3.8) is 0 Å². The topological polar surface area (TPSA) is 57.2 Å². The lowest BCUT2D eigenvalue weighted by atomic mass is 10.2. The molecule has 0 unspecified atom stereocenters. The van der Waals surface area contributed by atoms with Gasteiger partial charge in [0.2, 0.25) is 5.95 Å². The molecule has 138 valence electrons. The van der Waals surface area contributed by atoms with Gasteiger partial charge in [0.1, 0.15) is 5.82 Å². The second-order valence-corrected chi connectivity index (χ2v) is 6.58. The Kier molecular flexibility index (Phi) is 4.82. The molecule has 7 heteroatoms. The smallest absolute Gasteiger partial charge is 0.249 e. The molecule has 0 atom stereocenters. The van der Waals surface area contributed by atoms with E-state index in [0.717, 1.165) is 43.4 Å². The monoisotopic (exact) mass is 364 g/mol. The predicted octanol–water partition coefficient (Wildman–Crippen LogP) is 3.39. The maximum absolute atomic E-state index is 13.1. The number of aryl methyl sites for hydroxylation is 1. The third kappa shape index (κ3) is 4.13. The first-order valence-corrected chi connectivity index (χ1v) is 8.96. The van der Waals surface area contributed by atoms with E-state index in [1.807, 2.05) is 43.3 Å². The van der Waals surface area contributed by atoms with Crippen LogP contribution in [0.2, 0.25) is 0 Å². The Morgan fingerprint density at radius 3 is 2.26 bits per heavy atom. The minimum absolute atomic E-state index is 0.210. The molecule has 1 N–H and O–H groups in total. The summed E-state index contributed by atoms with van der Waals surface area (Å²) in [5.41, 5.74) is 3.17. The van der Waals surface area contributed by atoms with Gasteiger partial charge in [0.05, 0.1) is 6.20 Å². The third-order valence-electron chi connectivity index (χ3n) is 4.65. The highest BCUT2D eigenvalue weighted by molar-refractivity contribution is 5.55. The van der Waals surface area contributed by atoms with Crippen LogP contribution in [0, 0.1) is 12.7 Å². The Morgan fingerprint density at radius 1 is 0.889 bits per heavy atom. The molecule has 1 saturated heterocycles. The number of piperazine rings is 1. The van der Waals surface area contributed by atoms with E-state index in [-0.39, 0.29) is 5.82 Å². The highest BCUT2D eigenvalue weighted by atomic mass is 19.1. The molecule has 2 heterocycles. The van der Waals surface area contributed by atoms with Crippen molar-refractivity contribution in [1.29, 1.82) is 0 Å². The molecule has 1 aliphatic heterocycles. The molecule has 0 saturated carbocycles. The Bertz CT molecular complexity index is 889. The summed E-state index contributed by atoms with van der Waals surface area (Å²) in [7, 11) is 0. The Balaban J connectivity index is 1.41. The standard InChI is InChI=1S/C20H21FN6/c1-15-2-6-17(7-3-15)23-20-24-19(14-22-25-20)27-12-10-26(11-13-27)18-8-4-16(21)5-9-18/h2-9,14H,10-13H2,1H3,(H,23,24,25). The van der Waals surface area contributed by atoms with Gasteiger partial charge in [-0.15, -0.1) is 5.10 Å². The predicted molar refractivity (Wildman–Crippen MR) is 105 cm³/mol. The molecule has 27 heavy (non-hydrogen) atoms.